The van der Waals surface area contributed by atoms with Gasteiger partial charge in [0.1, 0.15) is 0 Å². The van der Waals surface area contributed by atoms with E-state index in [-0.39, 0.29) is 11.4 Å². The zero-order valence-corrected chi connectivity index (χ0v) is 10.1. The molecule has 2 N–H and O–H groups in total. The van der Waals surface area contributed by atoms with Gasteiger partial charge in [0.05, 0.1) is 12.1 Å². The van der Waals surface area contributed by atoms with Crippen LogP contribution >= 0.6 is 0 Å². The fraction of sp³-hybridized carbons (Fsp3) is 0.909. The predicted octanol–water partition coefficient (Wildman–Crippen LogP) is 0.358. The molecule has 0 spiro atoms. The fourth-order valence-corrected chi connectivity index (χ4v) is 1.61. The van der Waals surface area contributed by atoms with Crippen molar-refractivity contribution in [3.63, 3.8) is 0 Å². The van der Waals surface area contributed by atoms with Crippen molar-refractivity contribution < 1.29 is 9.90 Å². The molecule has 0 aliphatic carbocycles. The number of β-amino-alcohol motifs (C(OH)–C–C–N with tert-alkyl or cyclic N) is 1. The van der Waals surface area contributed by atoms with Gasteiger partial charge in [0, 0.05) is 18.6 Å². The van der Waals surface area contributed by atoms with Crippen LogP contribution in [0.4, 0.5) is 0 Å². The third kappa shape index (κ3) is 4.18. The molecule has 0 aromatic carbocycles. The molecule has 1 heterocycles. The van der Waals surface area contributed by atoms with Gasteiger partial charge in [-0.15, -0.1) is 0 Å². The lowest BCUT2D eigenvalue weighted by atomic mass is 10.1. The maximum atomic E-state index is 11.7. The standard InChI is InChI=1S/C11H22N2O2/c1-10(2,3)12-7-9(14)13-6-5-11(4,15)8-13/h12,15H,5-8H2,1-4H3. The number of nitrogens with zero attached hydrogens (tertiary/aromatic N) is 1. The van der Waals surface area contributed by atoms with E-state index in [1.54, 1.807) is 11.8 Å². The molecule has 4 heteroatoms. The van der Waals surface area contributed by atoms with Gasteiger partial charge in [0.15, 0.2) is 0 Å². The van der Waals surface area contributed by atoms with Gasteiger partial charge >= 0.3 is 0 Å². The number of carbonyl (C=O) groups is 1. The third-order valence-corrected chi connectivity index (χ3v) is 2.57. The average Bonchev–Trinajstić information content (AvgIpc) is 2.40. The van der Waals surface area contributed by atoms with Crippen LogP contribution in [0.5, 0.6) is 0 Å². The SMILES string of the molecule is CC1(O)CCN(C(=O)CNC(C)(C)C)C1. The number of rotatable bonds is 2. The van der Waals surface area contributed by atoms with Crippen LogP contribution in [0.2, 0.25) is 0 Å². The van der Waals surface area contributed by atoms with E-state index in [1.165, 1.54) is 0 Å². The fourth-order valence-electron chi connectivity index (χ4n) is 1.61. The summed E-state index contributed by atoms with van der Waals surface area (Å²) in [4.78, 5) is 13.5. The number of aliphatic hydroxyl groups is 1. The predicted molar refractivity (Wildman–Crippen MR) is 59.6 cm³/mol. The van der Waals surface area contributed by atoms with E-state index in [1.807, 2.05) is 20.8 Å². The molecule has 1 atom stereocenters. The molecule has 1 aliphatic rings. The van der Waals surface area contributed by atoms with Crippen molar-refractivity contribution in [2.45, 2.75) is 45.3 Å². The topological polar surface area (TPSA) is 52.6 Å². The Morgan fingerprint density at radius 2 is 2.13 bits per heavy atom. The second-order valence-corrected chi connectivity index (χ2v) is 5.67. The van der Waals surface area contributed by atoms with Crippen LogP contribution in [0.15, 0.2) is 0 Å². The Morgan fingerprint density at radius 3 is 2.53 bits per heavy atom. The van der Waals surface area contributed by atoms with Crippen LogP contribution in [0.1, 0.15) is 34.1 Å². The first-order chi connectivity index (χ1) is 6.70. The number of amides is 1. The number of hydrogen-bond acceptors (Lipinski definition) is 3. The molecule has 88 valence electrons. The van der Waals surface area contributed by atoms with E-state index < -0.39 is 5.60 Å². The van der Waals surface area contributed by atoms with Crippen molar-refractivity contribution in [1.82, 2.24) is 10.2 Å². The van der Waals surface area contributed by atoms with Gasteiger partial charge in [-0.2, -0.15) is 0 Å². The van der Waals surface area contributed by atoms with Gasteiger partial charge in [-0.1, -0.05) is 0 Å². The molecule has 1 rings (SSSR count). The van der Waals surface area contributed by atoms with Crippen molar-refractivity contribution >= 4 is 5.91 Å². The number of likely N-dealkylation sites (tertiary alicyclic amines) is 1. The summed E-state index contributed by atoms with van der Waals surface area (Å²) in [6.07, 6.45) is 0.675. The molecule has 1 amide bonds. The summed E-state index contributed by atoms with van der Waals surface area (Å²) in [5, 5.41) is 12.9. The molecular formula is C11H22N2O2. The third-order valence-electron chi connectivity index (χ3n) is 2.57. The monoisotopic (exact) mass is 214 g/mol. The number of carbonyl (C=O) groups excluding carboxylic acids is 1. The van der Waals surface area contributed by atoms with E-state index in [0.717, 1.165) is 0 Å². The second-order valence-electron chi connectivity index (χ2n) is 5.67. The molecular weight excluding hydrogens is 192 g/mol. The van der Waals surface area contributed by atoms with Crippen LogP contribution < -0.4 is 5.32 Å². The van der Waals surface area contributed by atoms with Crippen LogP contribution in [-0.4, -0.2) is 46.7 Å². The Labute approximate surface area is 91.6 Å². The van der Waals surface area contributed by atoms with Gasteiger partial charge in [0.2, 0.25) is 5.91 Å². The first-order valence-corrected chi connectivity index (χ1v) is 5.45. The Balaban J connectivity index is 2.37. The van der Waals surface area contributed by atoms with E-state index in [0.29, 0.717) is 26.1 Å². The van der Waals surface area contributed by atoms with Crippen molar-refractivity contribution in [3.05, 3.63) is 0 Å². The molecule has 1 aliphatic heterocycles. The maximum absolute atomic E-state index is 11.7. The molecule has 1 fully saturated rings. The van der Waals surface area contributed by atoms with Gasteiger partial charge < -0.3 is 15.3 Å². The zero-order valence-electron chi connectivity index (χ0n) is 10.1. The second kappa shape index (κ2) is 4.10. The average molecular weight is 214 g/mol. The van der Waals surface area contributed by atoms with Gasteiger partial charge in [-0.3, -0.25) is 4.79 Å². The molecule has 0 radical (unpaired) electrons. The van der Waals surface area contributed by atoms with Gasteiger partial charge in [0.25, 0.3) is 0 Å². The molecule has 15 heavy (non-hydrogen) atoms. The van der Waals surface area contributed by atoms with Crippen molar-refractivity contribution in [2.75, 3.05) is 19.6 Å². The Kier molecular flexibility index (Phi) is 3.41. The molecule has 0 aromatic heterocycles. The van der Waals surface area contributed by atoms with Crippen LogP contribution in [0, 0.1) is 0 Å². The summed E-state index contributed by atoms with van der Waals surface area (Å²) >= 11 is 0. The Hall–Kier alpha value is -0.610. The summed E-state index contributed by atoms with van der Waals surface area (Å²) < 4.78 is 0. The molecule has 1 unspecified atom stereocenters. The highest BCUT2D eigenvalue weighted by Gasteiger charge is 2.33. The lowest BCUT2D eigenvalue weighted by molar-refractivity contribution is -0.130. The highest BCUT2D eigenvalue weighted by atomic mass is 16.3. The lowest BCUT2D eigenvalue weighted by Crippen LogP contribution is -2.45. The van der Waals surface area contributed by atoms with Crippen LogP contribution in [0.25, 0.3) is 0 Å². The summed E-state index contributed by atoms with van der Waals surface area (Å²) in [6, 6.07) is 0. The molecule has 4 nitrogen and oxygen atoms in total. The zero-order chi connectivity index (χ0) is 11.7. The maximum Gasteiger partial charge on any atom is 0.236 e. The van der Waals surface area contributed by atoms with Crippen molar-refractivity contribution in [2.24, 2.45) is 0 Å². The summed E-state index contributed by atoms with van der Waals surface area (Å²) in [5.74, 6) is 0.0719. The largest absolute Gasteiger partial charge is 0.388 e. The van der Waals surface area contributed by atoms with Gasteiger partial charge in [-0.25, -0.2) is 0 Å². The van der Waals surface area contributed by atoms with Crippen LogP contribution in [0.3, 0.4) is 0 Å². The minimum Gasteiger partial charge on any atom is -0.388 e. The minimum absolute atomic E-state index is 0.0437. The highest BCUT2D eigenvalue weighted by Crippen LogP contribution is 2.19. The summed E-state index contributed by atoms with van der Waals surface area (Å²) in [7, 11) is 0. The molecule has 0 saturated carbocycles. The van der Waals surface area contributed by atoms with E-state index in [4.69, 9.17) is 0 Å². The Morgan fingerprint density at radius 1 is 1.53 bits per heavy atom. The molecule has 0 aromatic rings. The summed E-state index contributed by atoms with van der Waals surface area (Å²) in [6.45, 7) is 9.33. The van der Waals surface area contributed by atoms with Crippen molar-refractivity contribution in [1.29, 1.82) is 0 Å². The number of hydrogen-bond donors (Lipinski definition) is 2. The lowest BCUT2D eigenvalue weighted by Gasteiger charge is -2.23. The van der Waals surface area contributed by atoms with Crippen molar-refractivity contribution in [3.8, 4) is 0 Å². The normalized spacial score (nSPS) is 27.1. The van der Waals surface area contributed by atoms with E-state index >= 15 is 0 Å². The molecule has 0 bridgehead atoms. The highest BCUT2D eigenvalue weighted by molar-refractivity contribution is 5.78. The summed E-state index contributed by atoms with van der Waals surface area (Å²) in [5.41, 5.74) is -0.741. The number of nitrogens with one attached hydrogen (secondary N) is 1. The van der Waals surface area contributed by atoms with Crippen LogP contribution in [-0.2, 0) is 4.79 Å². The van der Waals surface area contributed by atoms with E-state index in [2.05, 4.69) is 5.32 Å². The smallest absolute Gasteiger partial charge is 0.236 e. The Bertz CT molecular complexity index is 243. The van der Waals surface area contributed by atoms with E-state index in [9.17, 15) is 9.90 Å². The quantitative estimate of drug-likeness (QED) is 0.698. The van der Waals surface area contributed by atoms with Gasteiger partial charge in [-0.05, 0) is 34.1 Å². The molecule has 1 saturated heterocycles. The minimum atomic E-state index is -0.697. The first kappa shape index (κ1) is 12.5. The first-order valence-electron chi connectivity index (χ1n) is 5.45.